The van der Waals surface area contributed by atoms with Gasteiger partial charge in [-0.3, -0.25) is 13.9 Å². The van der Waals surface area contributed by atoms with Crippen LogP contribution in [-0.2, 0) is 14.1 Å². The van der Waals surface area contributed by atoms with Gasteiger partial charge >= 0.3 is 5.69 Å². The van der Waals surface area contributed by atoms with Gasteiger partial charge in [0.2, 0.25) is 5.95 Å². The van der Waals surface area contributed by atoms with Crippen molar-refractivity contribution in [1.29, 1.82) is 0 Å². The lowest BCUT2D eigenvalue weighted by Crippen LogP contribution is -2.36. The average Bonchev–Trinajstić information content (AvgIpc) is 2.91. The highest BCUT2D eigenvalue weighted by Crippen LogP contribution is 2.11. The molecule has 0 fully saturated rings. The zero-order valence-electron chi connectivity index (χ0n) is 12.6. The number of aryl methyl sites for hydroxylation is 1. The highest BCUT2D eigenvalue weighted by molar-refractivity contribution is 5.72. The third-order valence-corrected chi connectivity index (χ3v) is 3.63. The predicted molar refractivity (Wildman–Crippen MR) is 82.6 cm³/mol. The highest BCUT2D eigenvalue weighted by atomic mass is 16.2. The zero-order valence-corrected chi connectivity index (χ0v) is 12.6. The third-order valence-electron chi connectivity index (χ3n) is 3.63. The minimum absolute atomic E-state index is 0.0893. The Labute approximate surface area is 122 Å². The van der Waals surface area contributed by atoms with E-state index in [1.54, 1.807) is 7.05 Å². The number of H-pyrrole nitrogens is 1. The first kappa shape index (κ1) is 15.3. The first-order valence-corrected chi connectivity index (χ1v) is 7.11. The quantitative estimate of drug-likeness (QED) is 0.688. The number of nitrogens with two attached hydrogens (primary N) is 1. The first-order valence-electron chi connectivity index (χ1n) is 7.11. The lowest BCUT2D eigenvalue weighted by Gasteiger charge is -2.15. The molecule has 1 unspecified atom stereocenters. The van der Waals surface area contributed by atoms with E-state index in [0.717, 1.165) is 23.8 Å². The molecule has 1 atom stereocenters. The number of nitrogens with one attached hydrogen (secondary N) is 2. The molecule has 0 aliphatic rings. The summed E-state index contributed by atoms with van der Waals surface area (Å²) in [6.07, 6.45) is 3.09. The first-order chi connectivity index (χ1) is 9.99. The van der Waals surface area contributed by atoms with Gasteiger partial charge in [-0.2, -0.15) is 4.98 Å². The zero-order chi connectivity index (χ0) is 15.6. The summed E-state index contributed by atoms with van der Waals surface area (Å²) in [7, 11) is 3.04. The summed E-state index contributed by atoms with van der Waals surface area (Å²) in [5, 5.41) is 3.19. The number of unbranched alkanes of at least 4 members (excludes halogenated alkanes) is 1. The molecule has 0 amide bonds. The summed E-state index contributed by atoms with van der Waals surface area (Å²) >= 11 is 0. The molecule has 0 aliphatic heterocycles. The lowest BCUT2D eigenvalue weighted by atomic mass is 10.1. The topological polar surface area (TPSA) is 111 Å². The minimum Gasteiger partial charge on any atom is -0.352 e. The summed E-state index contributed by atoms with van der Waals surface area (Å²) in [6, 6.07) is 0.0893. The smallest absolute Gasteiger partial charge is 0.332 e. The van der Waals surface area contributed by atoms with Gasteiger partial charge in [-0.1, -0.05) is 19.8 Å². The van der Waals surface area contributed by atoms with E-state index in [1.807, 2.05) is 0 Å². The van der Waals surface area contributed by atoms with E-state index in [4.69, 9.17) is 5.73 Å². The molecule has 0 aliphatic carbocycles. The van der Waals surface area contributed by atoms with Crippen LogP contribution in [0.25, 0.3) is 11.2 Å². The summed E-state index contributed by atoms with van der Waals surface area (Å²) in [5.74, 6) is 0.467. The molecule has 4 N–H and O–H groups in total. The van der Waals surface area contributed by atoms with Crippen molar-refractivity contribution in [2.24, 2.45) is 19.8 Å². The highest BCUT2D eigenvalue weighted by Gasteiger charge is 2.15. The Morgan fingerprint density at radius 3 is 2.67 bits per heavy atom. The second-order valence-electron chi connectivity index (χ2n) is 5.21. The Morgan fingerprint density at radius 2 is 2.05 bits per heavy atom. The van der Waals surface area contributed by atoms with Crippen LogP contribution in [0.15, 0.2) is 9.59 Å². The number of hydrogen-bond acceptors (Lipinski definition) is 5. The van der Waals surface area contributed by atoms with Gasteiger partial charge in [0.25, 0.3) is 5.56 Å². The van der Waals surface area contributed by atoms with E-state index in [-0.39, 0.29) is 11.6 Å². The van der Waals surface area contributed by atoms with Crippen LogP contribution in [0, 0.1) is 0 Å². The van der Waals surface area contributed by atoms with E-state index in [2.05, 4.69) is 22.2 Å². The molecule has 8 nitrogen and oxygen atoms in total. The molecule has 116 valence electrons. The van der Waals surface area contributed by atoms with Crippen molar-refractivity contribution in [3.05, 3.63) is 20.8 Å². The van der Waals surface area contributed by atoms with Crippen molar-refractivity contribution < 1.29 is 0 Å². The van der Waals surface area contributed by atoms with Gasteiger partial charge in [-0.25, -0.2) is 4.79 Å². The molecule has 21 heavy (non-hydrogen) atoms. The number of fused-ring (bicyclic) bond motifs is 1. The number of aromatic amines is 1. The maximum Gasteiger partial charge on any atom is 0.332 e. The Balaban J connectivity index is 2.39. The molecule has 2 aromatic heterocycles. The number of hydrogen-bond donors (Lipinski definition) is 3. The second-order valence-corrected chi connectivity index (χ2v) is 5.21. The summed E-state index contributed by atoms with van der Waals surface area (Å²) in [5.41, 5.74) is 5.62. The molecule has 2 heterocycles. The van der Waals surface area contributed by atoms with Gasteiger partial charge in [0.1, 0.15) is 0 Å². The molecule has 0 radical (unpaired) electrons. The standard InChI is InChI=1S/C13H22N6O2/c1-4-5-6-8(7-14)15-12-16-9-10(17-12)18(2)13(21)19(3)11(9)20/h8H,4-7,14H2,1-3H3,(H2,15,16,17). The van der Waals surface area contributed by atoms with Crippen LogP contribution in [0.5, 0.6) is 0 Å². The van der Waals surface area contributed by atoms with Crippen molar-refractivity contribution >= 4 is 17.1 Å². The number of imidazole rings is 1. The largest absolute Gasteiger partial charge is 0.352 e. The summed E-state index contributed by atoms with van der Waals surface area (Å²) < 4.78 is 2.41. The molecule has 0 saturated carbocycles. The van der Waals surface area contributed by atoms with Crippen LogP contribution in [0.1, 0.15) is 26.2 Å². The van der Waals surface area contributed by atoms with Crippen LogP contribution in [0.3, 0.4) is 0 Å². The fourth-order valence-corrected chi connectivity index (χ4v) is 2.29. The lowest BCUT2D eigenvalue weighted by molar-refractivity contribution is 0.611. The van der Waals surface area contributed by atoms with Crippen molar-refractivity contribution in [2.45, 2.75) is 32.2 Å². The predicted octanol–water partition coefficient (Wildman–Crippen LogP) is -0.110. The van der Waals surface area contributed by atoms with Gasteiger partial charge in [0.05, 0.1) is 0 Å². The van der Waals surface area contributed by atoms with Gasteiger partial charge in [-0.15, -0.1) is 0 Å². The minimum atomic E-state index is -0.396. The second kappa shape index (κ2) is 6.13. The number of rotatable bonds is 6. The van der Waals surface area contributed by atoms with Crippen LogP contribution in [-0.4, -0.2) is 31.7 Å². The van der Waals surface area contributed by atoms with E-state index in [0.29, 0.717) is 23.7 Å². The number of aromatic nitrogens is 4. The Morgan fingerprint density at radius 1 is 1.33 bits per heavy atom. The molecule has 2 aromatic rings. The monoisotopic (exact) mass is 294 g/mol. The average molecular weight is 294 g/mol. The molecule has 0 aromatic carbocycles. The van der Waals surface area contributed by atoms with E-state index in [1.165, 1.54) is 11.6 Å². The van der Waals surface area contributed by atoms with Gasteiger partial charge in [-0.05, 0) is 6.42 Å². The van der Waals surface area contributed by atoms with Crippen LogP contribution in [0.4, 0.5) is 5.95 Å². The SMILES string of the molecule is CCCCC(CN)Nc1nc2c([nH]1)c(=O)n(C)c(=O)n2C. The van der Waals surface area contributed by atoms with Crippen molar-refractivity contribution in [3.8, 4) is 0 Å². The van der Waals surface area contributed by atoms with Crippen molar-refractivity contribution in [2.75, 3.05) is 11.9 Å². The van der Waals surface area contributed by atoms with Gasteiger partial charge in [0, 0.05) is 26.7 Å². The van der Waals surface area contributed by atoms with E-state index in [9.17, 15) is 9.59 Å². The van der Waals surface area contributed by atoms with E-state index >= 15 is 0 Å². The third kappa shape index (κ3) is 2.85. The van der Waals surface area contributed by atoms with Gasteiger partial charge < -0.3 is 16.0 Å². The van der Waals surface area contributed by atoms with Gasteiger partial charge in [0.15, 0.2) is 11.2 Å². The molecular formula is C13H22N6O2. The van der Waals surface area contributed by atoms with Crippen molar-refractivity contribution in [1.82, 2.24) is 19.1 Å². The molecule has 0 bridgehead atoms. The molecule has 2 rings (SSSR count). The number of nitrogens with zero attached hydrogens (tertiary/aromatic N) is 3. The molecule has 8 heteroatoms. The number of anilines is 1. The fourth-order valence-electron chi connectivity index (χ4n) is 2.29. The molecular weight excluding hydrogens is 272 g/mol. The Bertz CT molecular complexity index is 741. The van der Waals surface area contributed by atoms with Crippen LogP contribution < -0.4 is 22.3 Å². The normalized spacial score (nSPS) is 12.8. The Kier molecular flexibility index (Phi) is 4.46. The van der Waals surface area contributed by atoms with Crippen LogP contribution in [0.2, 0.25) is 0 Å². The van der Waals surface area contributed by atoms with Crippen molar-refractivity contribution in [3.63, 3.8) is 0 Å². The maximum atomic E-state index is 12.1. The summed E-state index contributed by atoms with van der Waals surface area (Å²) in [4.78, 5) is 31.2. The van der Waals surface area contributed by atoms with Crippen LogP contribution >= 0.6 is 0 Å². The molecule has 0 spiro atoms. The molecule has 0 saturated heterocycles. The van der Waals surface area contributed by atoms with E-state index < -0.39 is 5.69 Å². The fraction of sp³-hybridized carbons (Fsp3) is 0.615. The maximum absolute atomic E-state index is 12.1. The Hall–Kier alpha value is -2.09. The summed E-state index contributed by atoms with van der Waals surface area (Å²) in [6.45, 7) is 2.60.